The van der Waals surface area contributed by atoms with Gasteiger partial charge in [0.2, 0.25) is 0 Å². The van der Waals surface area contributed by atoms with E-state index in [4.69, 9.17) is 0 Å². The highest BCUT2D eigenvalue weighted by Crippen LogP contribution is 2.11. The third-order valence-corrected chi connectivity index (χ3v) is 3.07. The molecule has 102 valence electrons. The van der Waals surface area contributed by atoms with Crippen LogP contribution in [0.15, 0.2) is 54.6 Å². The summed E-state index contributed by atoms with van der Waals surface area (Å²) in [5, 5.41) is 11.6. The quantitative estimate of drug-likeness (QED) is 0.648. The Balaban J connectivity index is 0.00000147. The van der Waals surface area contributed by atoms with E-state index in [1.807, 2.05) is 42.5 Å². The molecule has 1 N–H and O–H groups in total. The van der Waals surface area contributed by atoms with E-state index in [1.165, 1.54) is 5.56 Å². The summed E-state index contributed by atoms with van der Waals surface area (Å²) in [6.07, 6.45) is 1.04. The second-order valence-electron chi connectivity index (χ2n) is 4.33. The molecule has 0 spiro atoms. The van der Waals surface area contributed by atoms with Crippen LogP contribution in [0.25, 0.3) is 17.1 Å². The maximum atomic E-state index is 4.46. The smallest absolute Gasteiger partial charge is 0.339 e. The van der Waals surface area contributed by atoms with Gasteiger partial charge in [0, 0.05) is 0 Å². The number of aromatic amines is 1. The molecule has 20 heavy (non-hydrogen) atoms. The van der Waals surface area contributed by atoms with Gasteiger partial charge in [-0.25, -0.2) is 0 Å². The lowest BCUT2D eigenvalue weighted by atomic mass is 10.2. The zero-order valence-electron chi connectivity index (χ0n) is 11.1. The zero-order chi connectivity index (χ0) is 13.1. The van der Waals surface area contributed by atoms with Crippen molar-refractivity contribution in [3.8, 4) is 17.1 Å². The molecule has 0 radical (unpaired) electrons. The maximum absolute atomic E-state index is 4.46. The van der Waals surface area contributed by atoms with Crippen molar-refractivity contribution < 1.29 is 17.2 Å². The van der Waals surface area contributed by atoms with E-state index in [2.05, 4.69) is 34.5 Å². The third-order valence-electron chi connectivity index (χ3n) is 3.07. The summed E-state index contributed by atoms with van der Waals surface area (Å²) in [4.78, 5) is 1.68. The van der Waals surface area contributed by atoms with Gasteiger partial charge in [0.1, 0.15) is 0 Å². The van der Waals surface area contributed by atoms with Crippen LogP contribution in [0, 0.1) is 0 Å². The van der Waals surface area contributed by atoms with Crippen molar-refractivity contribution in [2.45, 2.75) is 13.3 Å². The first-order valence-electron chi connectivity index (χ1n) is 6.36. The third kappa shape index (κ3) is 2.86. The summed E-state index contributed by atoms with van der Waals surface area (Å²) in [7, 11) is 0. The lowest BCUT2D eigenvalue weighted by Gasteiger charge is -1.95. The summed E-state index contributed by atoms with van der Waals surface area (Å²) in [6, 6.07) is 18.2. The van der Waals surface area contributed by atoms with Crippen molar-refractivity contribution in [1.29, 1.82) is 0 Å². The van der Waals surface area contributed by atoms with E-state index in [1.54, 1.807) is 4.80 Å². The number of H-pyrrole nitrogens is 1. The van der Waals surface area contributed by atoms with Crippen LogP contribution in [0.2, 0.25) is 0 Å². The van der Waals surface area contributed by atoms with Crippen LogP contribution >= 0.6 is 0 Å². The number of hydrogen-bond donors (Lipinski definition) is 1. The Kier molecular flexibility index (Phi) is 4.48. The van der Waals surface area contributed by atoms with Gasteiger partial charge in [0.15, 0.2) is 5.69 Å². The molecule has 0 saturated heterocycles. The average molecular weight is 287 g/mol. The second kappa shape index (κ2) is 6.30. The lowest BCUT2D eigenvalue weighted by molar-refractivity contribution is -0.716. The standard InChI is InChI=1S/C15H14N4.ClH/c1-2-12-8-10-14(11-9-12)19-17-15(16-18-19)13-6-4-3-5-7-13;/h3-11H,2H2,1H3;1H. The maximum Gasteiger partial charge on any atom is 0.339 e. The van der Waals surface area contributed by atoms with Gasteiger partial charge in [0.05, 0.1) is 10.7 Å². The fourth-order valence-corrected chi connectivity index (χ4v) is 1.93. The average Bonchev–Trinajstić information content (AvgIpc) is 2.98. The number of halogens is 1. The van der Waals surface area contributed by atoms with Crippen molar-refractivity contribution in [3.63, 3.8) is 0 Å². The Hall–Kier alpha value is -2.20. The van der Waals surface area contributed by atoms with Crippen molar-refractivity contribution in [1.82, 2.24) is 15.4 Å². The first kappa shape index (κ1) is 14.2. The number of nitrogens with zero attached hydrogens (tertiary/aromatic N) is 3. The molecule has 0 bridgehead atoms. The summed E-state index contributed by atoms with van der Waals surface area (Å²) < 4.78 is 0. The predicted octanol–water partition coefficient (Wildman–Crippen LogP) is -0.685. The predicted molar refractivity (Wildman–Crippen MR) is 72.7 cm³/mol. The van der Waals surface area contributed by atoms with Gasteiger partial charge in [-0.1, -0.05) is 37.3 Å². The molecule has 0 saturated carbocycles. The molecule has 3 rings (SSSR count). The normalized spacial score (nSPS) is 10.1. The first-order chi connectivity index (χ1) is 9.36. The molecule has 0 aliphatic carbocycles. The van der Waals surface area contributed by atoms with Gasteiger partial charge in [-0.3, -0.25) is 0 Å². The van der Waals surface area contributed by atoms with Crippen LogP contribution in [-0.4, -0.2) is 15.4 Å². The van der Waals surface area contributed by atoms with E-state index in [-0.39, 0.29) is 12.4 Å². The Labute approximate surface area is 123 Å². The van der Waals surface area contributed by atoms with Crippen molar-refractivity contribution >= 4 is 0 Å². The minimum absolute atomic E-state index is 0. The summed E-state index contributed by atoms with van der Waals surface area (Å²) in [5.74, 6) is 0.695. The van der Waals surface area contributed by atoms with E-state index in [0.717, 1.165) is 17.7 Å². The van der Waals surface area contributed by atoms with Crippen LogP contribution < -0.4 is 17.2 Å². The van der Waals surface area contributed by atoms with Crippen LogP contribution in [0.1, 0.15) is 12.5 Å². The number of benzene rings is 2. The molecule has 0 aliphatic heterocycles. The number of aryl methyl sites for hydroxylation is 1. The van der Waals surface area contributed by atoms with E-state index in [9.17, 15) is 0 Å². The first-order valence-corrected chi connectivity index (χ1v) is 6.36. The zero-order valence-corrected chi connectivity index (χ0v) is 11.9. The van der Waals surface area contributed by atoms with Gasteiger partial charge in [-0.05, 0) is 51.4 Å². The number of tetrazole rings is 1. The molecular formula is C15H15ClN4. The van der Waals surface area contributed by atoms with Gasteiger partial charge < -0.3 is 12.4 Å². The highest BCUT2D eigenvalue weighted by molar-refractivity contribution is 5.52. The van der Waals surface area contributed by atoms with Crippen molar-refractivity contribution in [3.05, 3.63) is 60.2 Å². The minimum atomic E-state index is 0. The molecule has 2 aromatic carbocycles. The Morgan fingerprint density at radius 3 is 2.35 bits per heavy atom. The summed E-state index contributed by atoms with van der Waals surface area (Å²) in [6.45, 7) is 2.14. The van der Waals surface area contributed by atoms with Gasteiger partial charge in [-0.2, -0.15) is 0 Å². The van der Waals surface area contributed by atoms with E-state index in [0.29, 0.717) is 5.82 Å². The summed E-state index contributed by atoms with van der Waals surface area (Å²) in [5.41, 5.74) is 3.29. The molecule has 0 atom stereocenters. The topological polar surface area (TPSA) is 45.5 Å². The summed E-state index contributed by atoms with van der Waals surface area (Å²) >= 11 is 0. The van der Waals surface area contributed by atoms with Crippen LogP contribution in [-0.2, 0) is 6.42 Å². The number of rotatable bonds is 3. The molecule has 0 aliphatic rings. The monoisotopic (exact) mass is 286 g/mol. The van der Waals surface area contributed by atoms with Crippen LogP contribution in [0.4, 0.5) is 0 Å². The Morgan fingerprint density at radius 1 is 1.00 bits per heavy atom. The second-order valence-corrected chi connectivity index (χ2v) is 4.33. The van der Waals surface area contributed by atoms with Crippen LogP contribution in [0.5, 0.6) is 0 Å². The van der Waals surface area contributed by atoms with Gasteiger partial charge in [0.25, 0.3) is 0 Å². The van der Waals surface area contributed by atoms with E-state index >= 15 is 0 Å². The lowest BCUT2D eigenvalue weighted by Crippen LogP contribution is -3.00. The van der Waals surface area contributed by atoms with E-state index < -0.39 is 0 Å². The molecule has 0 amide bonds. The highest BCUT2D eigenvalue weighted by atomic mass is 35.5. The van der Waals surface area contributed by atoms with Crippen molar-refractivity contribution in [2.24, 2.45) is 0 Å². The fraction of sp³-hybridized carbons (Fsp3) is 0.133. The molecule has 0 fully saturated rings. The van der Waals surface area contributed by atoms with Crippen LogP contribution in [0.3, 0.4) is 0 Å². The minimum Gasteiger partial charge on any atom is -1.00 e. The van der Waals surface area contributed by atoms with Crippen molar-refractivity contribution in [2.75, 3.05) is 0 Å². The molecule has 1 aromatic heterocycles. The Morgan fingerprint density at radius 2 is 1.70 bits per heavy atom. The molecular weight excluding hydrogens is 272 g/mol. The molecule has 0 unspecified atom stereocenters. The SMILES string of the molecule is CCc1ccc(-[n+]2nc(-c3ccccc3)n[nH]2)cc1.[Cl-]. The Bertz CT molecular complexity index is 662. The van der Waals surface area contributed by atoms with Gasteiger partial charge >= 0.3 is 5.82 Å². The molecule has 1 heterocycles. The van der Waals surface area contributed by atoms with Gasteiger partial charge in [-0.15, -0.1) is 0 Å². The molecule has 3 aromatic rings. The number of hydrogen-bond acceptors (Lipinski definition) is 2. The molecule has 4 nitrogen and oxygen atoms in total. The fourth-order valence-electron chi connectivity index (χ4n) is 1.93. The number of nitrogens with one attached hydrogen (secondary N) is 1. The molecule has 5 heteroatoms. The number of aromatic nitrogens is 4. The largest absolute Gasteiger partial charge is 1.00 e. The highest BCUT2D eigenvalue weighted by Gasteiger charge is 2.14.